The van der Waals surface area contributed by atoms with E-state index in [4.69, 9.17) is 0 Å². The highest BCUT2D eigenvalue weighted by Gasteiger charge is 2.21. The maximum absolute atomic E-state index is 12.5. The Balaban J connectivity index is 1.31. The lowest BCUT2D eigenvalue weighted by Gasteiger charge is -2.32. The second-order valence-corrected chi connectivity index (χ2v) is 7.51. The number of amides is 1. The van der Waals surface area contributed by atoms with Gasteiger partial charge in [0.2, 0.25) is 5.91 Å². The summed E-state index contributed by atoms with van der Waals surface area (Å²) in [5.74, 6) is -0.0597. The van der Waals surface area contributed by atoms with Crippen molar-refractivity contribution in [3.63, 3.8) is 0 Å². The topological polar surface area (TPSA) is 80.4 Å². The average Bonchev–Trinajstić information content (AvgIpc) is 3.13. The molecule has 7 nitrogen and oxygen atoms in total. The zero-order valence-corrected chi connectivity index (χ0v) is 16.2. The first kappa shape index (κ1) is 19.1. The monoisotopic (exact) mass is 392 g/mol. The van der Waals surface area contributed by atoms with E-state index in [-0.39, 0.29) is 24.2 Å². The largest absolute Gasteiger partial charge is 0.352 e. The van der Waals surface area contributed by atoms with Crippen molar-refractivity contribution in [3.05, 3.63) is 76.5 Å². The summed E-state index contributed by atoms with van der Waals surface area (Å²) in [5.41, 5.74) is 2.07. The van der Waals surface area contributed by atoms with Crippen LogP contribution in [0.5, 0.6) is 0 Å². The molecule has 0 saturated carbocycles. The highest BCUT2D eigenvalue weighted by molar-refractivity contribution is 5.90. The Kier molecular flexibility index (Phi) is 5.57. The molecule has 0 spiro atoms. The third-order valence-corrected chi connectivity index (χ3v) is 5.50. The van der Waals surface area contributed by atoms with Crippen LogP contribution in [-0.2, 0) is 17.9 Å². The minimum absolute atomic E-state index is 0.0597. The molecule has 3 aromatic rings. The highest BCUT2D eigenvalue weighted by atomic mass is 16.6. The number of hydrogen-bond acceptors (Lipinski definition) is 4. The minimum atomic E-state index is -0.393. The van der Waals surface area contributed by atoms with Crippen molar-refractivity contribution >= 4 is 22.5 Å². The molecule has 4 rings (SSSR count). The van der Waals surface area contributed by atoms with Crippen molar-refractivity contribution < 1.29 is 9.72 Å². The van der Waals surface area contributed by atoms with Crippen LogP contribution in [0.25, 0.3) is 10.9 Å². The van der Waals surface area contributed by atoms with E-state index in [9.17, 15) is 14.9 Å². The van der Waals surface area contributed by atoms with Gasteiger partial charge >= 0.3 is 0 Å². The van der Waals surface area contributed by atoms with Gasteiger partial charge in [-0.15, -0.1) is 0 Å². The van der Waals surface area contributed by atoms with Gasteiger partial charge in [0.25, 0.3) is 5.69 Å². The molecule has 2 aromatic carbocycles. The number of aromatic nitrogens is 1. The predicted octanol–water partition coefficient (Wildman–Crippen LogP) is 3.33. The maximum Gasteiger partial charge on any atom is 0.278 e. The second kappa shape index (κ2) is 8.45. The van der Waals surface area contributed by atoms with E-state index < -0.39 is 4.92 Å². The van der Waals surface area contributed by atoms with Gasteiger partial charge in [-0.05, 0) is 30.5 Å². The molecule has 29 heavy (non-hydrogen) atoms. The van der Waals surface area contributed by atoms with Gasteiger partial charge < -0.3 is 9.88 Å². The molecular weight excluding hydrogens is 368 g/mol. The Bertz CT molecular complexity index is 1010. The van der Waals surface area contributed by atoms with Gasteiger partial charge in [0.15, 0.2) is 0 Å². The Labute approximate surface area is 169 Å². The molecule has 1 saturated heterocycles. The first-order valence-corrected chi connectivity index (χ1v) is 9.88. The van der Waals surface area contributed by atoms with Gasteiger partial charge in [0.05, 0.1) is 15.8 Å². The number of carbonyl (C=O) groups is 1. The molecule has 0 radical (unpaired) electrons. The van der Waals surface area contributed by atoms with Gasteiger partial charge in [0, 0.05) is 37.9 Å². The number of nitro benzene ring substituents is 1. The summed E-state index contributed by atoms with van der Waals surface area (Å²) in [6.07, 6.45) is 3.59. The van der Waals surface area contributed by atoms with Crippen LogP contribution in [0.15, 0.2) is 60.8 Å². The Morgan fingerprint density at radius 1 is 1.07 bits per heavy atom. The van der Waals surface area contributed by atoms with Crippen LogP contribution in [0, 0.1) is 10.1 Å². The summed E-state index contributed by atoms with van der Waals surface area (Å²) in [5, 5.41) is 14.8. The molecule has 150 valence electrons. The molecule has 1 amide bonds. The van der Waals surface area contributed by atoms with Crippen LogP contribution in [0.4, 0.5) is 5.69 Å². The quantitative estimate of drug-likeness (QED) is 0.515. The molecule has 1 aliphatic rings. The van der Waals surface area contributed by atoms with Crippen LogP contribution >= 0.6 is 0 Å². The summed E-state index contributed by atoms with van der Waals surface area (Å²) in [7, 11) is 0. The SMILES string of the molecule is O=C(Cn1ccc2c([N+](=O)[O-])cccc21)NC1CCN(Cc2ccccc2)CC1. The van der Waals surface area contributed by atoms with Crippen molar-refractivity contribution in [3.8, 4) is 0 Å². The van der Waals surface area contributed by atoms with Crippen LogP contribution in [-0.4, -0.2) is 39.4 Å². The summed E-state index contributed by atoms with van der Waals surface area (Å²) in [6, 6.07) is 17.2. The first-order chi connectivity index (χ1) is 14.1. The smallest absolute Gasteiger partial charge is 0.278 e. The first-order valence-electron chi connectivity index (χ1n) is 9.88. The molecule has 1 aliphatic heterocycles. The van der Waals surface area contributed by atoms with E-state index >= 15 is 0 Å². The summed E-state index contributed by atoms with van der Waals surface area (Å²) in [4.78, 5) is 25.7. The zero-order chi connectivity index (χ0) is 20.2. The lowest BCUT2D eigenvalue weighted by atomic mass is 10.0. The number of nitrogens with one attached hydrogen (secondary N) is 1. The average molecular weight is 392 g/mol. The van der Waals surface area contributed by atoms with E-state index in [1.54, 1.807) is 29.0 Å². The minimum Gasteiger partial charge on any atom is -0.352 e. The molecule has 0 bridgehead atoms. The highest BCUT2D eigenvalue weighted by Crippen LogP contribution is 2.26. The fourth-order valence-electron chi connectivity index (χ4n) is 4.01. The van der Waals surface area contributed by atoms with Crippen LogP contribution in [0.1, 0.15) is 18.4 Å². The fraction of sp³-hybridized carbons (Fsp3) is 0.318. The lowest BCUT2D eigenvalue weighted by Crippen LogP contribution is -2.45. The Morgan fingerprint density at radius 3 is 2.55 bits per heavy atom. The summed E-state index contributed by atoms with van der Waals surface area (Å²) < 4.78 is 1.77. The maximum atomic E-state index is 12.5. The molecule has 0 aliphatic carbocycles. The number of rotatable bonds is 6. The van der Waals surface area contributed by atoms with Gasteiger partial charge in [-0.25, -0.2) is 0 Å². The second-order valence-electron chi connectivity index (χ2n) is 7.51. The fourth-order valence-corrected chi connectivity index (χ4v) is 4.01. The van der Waals surface area contributed by atoms with Crippen LogP contribution < -0.4 is 5.32 Å². The normalized spacial score (nSPS) is 15.4. The third-order valence-electron chi connectivity index (χ3n) is 5.50. The van der Waals surface area contributed by atoms with E-state index in [1.807, 2.05) is 6.07 Å². The van der Waals surface area contributed by atoms with E-state index in [0.717, 1.165) is 32.5 Å². The van der Waals surface area contributed by atoms with Crippen LogP contribution in [0.2, 0.25) is 0 Å². The zero-order valence-electron chi connectivity index (χ0n) is 16.2. The molecule has 0 unspecified atom stereocenters. The van der Waals surface area contributed by atoms with Crippen molar-refractivity contribution in [2.24, 2.45) is 0 Å². The van der Waals surface area contributed by atoms with Crippen molar-refractivity contribution in [2.75, 3.05) is 13.1 Å². The van der Waals surface area contributed by atoms with Gasteiger partial charge in [-0.2, -0.15) is 0 Å². The number of fused-ring (bicyclic) bond motifs is 1. The number of hydrogen-bond donors (Lipinski definition) is 1. The third kappa shape index (κ3) is 4.46. The predicted molar refractivity (Wildman–Crippen MR) is 111 cm³/mol. The summed E-state index contributed by atoms with van der Waals surface area (Å²) >= 11 is 0. The van der Waals surface area contributed by atoms with Crippen molar-refractivity contribution in [1.29, 1.82) is 0 Å². The van der Waals surface area contributed by atoms with E-state index in [1.165, 1.54) is 11.6 Å². The summed E-state index contributed by atoms with van der Waals surface area (Å²) in [6.45, 7) is 3.02. The van der Waals surface area contributed by atoms with Gasteiger partial charge in [-0.3, -0.25) is 19.8 Å². The number of non-ortho nitro benzene ring substituents is 1. The molecule has 7 heteroatoms. The van der Waals surface area contributed by atoms with Gasteiger partial charge in [0.1, 0.15) is 6.54 Å². The number of carbonyl (C=O) groups excluding carboxylic acids is 1. The molecule has 1 aromatic heterocycles. The number of nitrogens with zero attached hydrogens (tertiary/aromatic N) is 3. The number of piperidine rings is 1. The molecule has 1 fully saturated rings. The van der Waals surface area contributed by atoms with Crippen LogP contribution in [0.3, 0.4) is 0 Å². The number of benzene rings is 2. The standard InChI is InChI=1S/C22H24N4O3/c27-22(16-25-14-11-19-20(25)7-4-8-21(19)26(28)29)23-18-9-12-24(13-10-18)15-17-5-2-1-3-6-17/h1-8,11,14,18H,9-10,12-13,15-16H2,(H,23,27). The Morgan fingerprint density at radius 2 is 1.83 bits per heavy atom. The van der Waals surface area contributed by atoms with Crippen molar-refractivity contribution in [1.82, 2.24) is 14.8 Å². The molecule has 2 heterocycles. The molecular formula is C22H24N4O3. The van der Waals surface area contributed by atoms with Gasteiger partial charge in [-0.1, -0.05) is 36.4 Å². The number of nitro groups is 1. The molecule has 1 N–H and O–H groups in total. The lowest BCUT2D eigenvalue weighted by molar-refractivity contribution is -0.383. The number of likely N-dealkylation sites (tertiary alicyclic amines) is 1. The van der Waals surface area contributed by atoms with E-state index in [0.29, 0.717) is 10.9 Å². The van der Waals surface area contributed by atoms with Crippen molar-refractivity contribution in [2.45, 2.75) is 32.0 Å². The van der Waals surface area contributed by atoms with E-state index in [2.05, 4.69) is 34.5 Å². The molecule has 0 atom stereocenters. The Hall–Kier alpha value is -3.19.